The summed E-state index contributed by atoms with van der Waals surface area (Å²) >= 11 is 3.24. The van der Waals surface area contributed by atoms with Gasteiger partial charge in [0, 0.05) is 8.45 Å². The lowest BCUT2D eigenvalue weighted by Gasteiger charge is -2.07. The topological polar surface area (TPSA) is 86.6 Å². The summed E-state index contributed by atoms with van der Waals surface area (Å²) in [4.78, 5) is 24.3. The molecule has 0 aliphatic rings. The van der Waals surface area contributed by atoms with E-state index in [9.17, 15) is 19.8 Å². The molecular weight excluding hydrogens is 405 g/mol. The highest BCUT2D eigenvalue weighted by molar-refractivity contribution is 14.1. The van der Waals surface area contributed by atoms with Crippen molar-refractivity contribution in [3.05, 3.63) is 43.3 Å². The molecule has 5 nitrogen and oxygen atoms in total. The highest BCUT2D eigenvalue weighted by atomic mass is 127. The van der Waals surface area contributed by atoms with Crippen LogP contribution in [0.25, 0.3) is 0 Å². The number of amides is 1. The lowest BCUT2D eigenvalue weighted by molar-refractivity contribution is 0.0697. The number of aryl methyl sites for hydroxylation is 1. The Kier molecular flexibility index (Phi) is 4.52. The van der Waals surface area contributed by atoms with Gasteiger partial charge in [0.25, 0.3) is 5.91 Å². The third-order valence-electron chi connectivity index (χ3n) is 3.03. The summed E-state index contributed by atoms with van der Waals surface area (Å²) in [6.07, 6.45) is 0. The molecule has 0 radical (unpaired) electrons. The first-order valence-electron chi connectivity index (χ1n) is 5.94. The number of anilines is 1. The van der Waals surface area contributed by atoms with Gasteiger partial charge in [0.1, 0.15) is 10.8 Å². The number of thiophene rings is 1. The van der Waals surface area contributed by atoms with Crippen molar-refractivity contribution in [3.8, 4) is 5.75 Å². The minimum atomic E-state index is -1.08. The SMILES string of the molecule is Cc1sc(NC(=O)c2cc(I)ccc2O)c(C(=O)O)c1C. The molecule has 0 atom stereocenters. The van der Waals surface area contributed by atoms with E-state index in [1.165, 1.54) is 17.4 Å². The van der Waals surface area contributed by atoms with Gasteiger partial charge in [0.2, 0.25) is 0 Å². The highest BCUT2D eigenvalue weighted by Gasteiger charge is 2.21. The molecule has 1 aromatic heterocycles. The number of carbonyl (C=O) groups excluding carboxylic acids is 1. The second-order valence-corrected chi connectivity index (χ2v) is 6.88. The second kappa shape index (κ2) is 6.02. The van der Waals surface area contributed by atoms with E-state index in [0.29, 0.717) is 5.56 Å². The number of rotatable bonds is 3. The molecule has 2 aromatic rings. The van der Waals surface area contributed by atoms with Gasteiger partial charge in [0.15, 0.2) is 0 Å². The number of hydrogen-bond donors (Lipinski definition) is 3. The molecular formula is C14H12INO4S. The summed E-state index contributed by atoms with van der Waals surface area (Å²) in [6.45, 7) is 3.50. The predicted molar refractivity (Wildman–Crippen MR) is 89.5 cm³/mol. The first-order valence-corrected chi connectivity index (χ1v) is 7.84. The number of aromatic carboxylic acids is 1. The minimum absolute atomic E-state index is 0.0935. The molecule has 21 heavy (non-hydrogen) atoms. The normalized spacial score (nSPS) is 10.4. The van der Waals surface area contributed by atoms with E-state index >= 15 is 0 Å². The fourth-order valence-electron chi connectivity index (χ4n) is 1.83. The molecule has 3 N–H and O–H groups in total. The van der Waals surface area contributed by atoms with Crippen LogP contribution in [0.2, 0.25) is 0 Å². The molecule has 0 aliphatic heterocycles. The van der Waals surface area contributed by atoms with Gasteiger partial charge in [-0.05, 0) is 60.2 Å². The molecule has 2 rings (SSSR count). The molecule has 0 aliphatic carbocycles. The first-order chi connectivity index (χ1) is 9.81. The zero-order valence-electron chi connectivity index (χ0n) is 11.2. The summed E-state index contributed by atoms with van der Waals surface area (Å²) < 4.78 is 0.799. The maximum absolute atomic E-state index is 12.2. The van der Waals surface area contributed by atoms with Crippen LogP contribution in [0, 0.1) is 17.4 Å². The number of hydrogen-bond acceptors (Lipinski definition) is 4. The molecule has 0 saturated heterocycles. The Balaban J connectivity index is 2.38. The van der Waals surface area contributed by atoms with Crippen LogP contribution >= 0.6 is 33.9 Å². The fourth-order valence-corrected chi connectivity index (χ4v) is 3.37. The van der Waals surface area contributed by atoms with Crippen LogP contribution < -0.4 is 5.32 Å². The number of nitrogens with one attached hydrogen (secondary N) is 1. The lowest BCUT2D eigenvalue weighted by Crippen LogP contribution is -2.14. The number of halogens is 1. The van der Waals surface area contributed by atoms with E-state index in [1.54, 1.807) is 26.0 Å². The Morgan fingerprint density at radius 1 is 1.29 bits per heavy atom. The number of phenols is 1. The molecule has 0 fully saturated rings. The fraction of sp³-hybridized carbons (Fsp3) is 0.143. The van der Waals surface area contributed by atoms with E-state index in [-0.39, 0.29) is 21.9 Å². The van der Waals surface area contributed by atoms with E-state index in [1.807, 2.05) is 22.6 Å². The quantitative estimate of drug-likeness (QED) is 0.666. The largest absolute Gasteiger partial charge is 0.507 e. The summed E-state index contributed by atoms with van der Waals surface area (Å²) in [6, 6.07) is 4.65. The molecule has 1 heterocycles. The Labute approximate surface area is 138 Å². The lowest BCUT2D eigenvalue weighted by atomic mass is 10.1. The van der Waals surface area contributed by atoms with Crippen molar-refractivity contribution >= 4 is 50.8 Å². The van der Waals surface area contributed by atoms with Crippen molar-refractivity contribution in [2.24, 2.45) is 0 Å². The van der Waals surface area contributed by atoms with E-state index < -0.39 is 11.9 Å². The molecule has 0 saturated carbocycles. The van der Waals surface area contributed by atoms with Crippen LogP contribution in [0.5, 0.6) is 5.75 Å². The smallest absolute Gasteiger partial charge is 0.338 e. The molecule has 0 bridgehead atoms. The van der Waals surface area contributed by atoms with E-state index in [0.717, 1.165) is 8.45 Å². The van der Waals surface area contributed by atoms with Crippen LogP contribution in [-0.2, 0) is 0 Å². The number of carboxylic acids is 1. The minimum Gasteiger partial charge on any atom is -0.507 e. The standard InChI is InChI=1S/C14H12INO4S/c1-6-7(2)21-13(11(6)14(19)20)16-12(18)9-5-8(15)3-4-10(9)17/h3-5,17H,1-2H3,(H,16,18)(H,19,20). The zero-order valence-corrected chi connectivity index (χ0v) is 14.2. The second-order valence-electron chi connectivity index (χ2n) is 4.41. The Morgan fingerprint density at radius 3 is 2.57 bits per heavy atom. The van der Waals surface area contributed by atoms with Gasteiger partial charge in [0.05, 0.1) is 11.1 Å². The molecule has 0 spiro atoms. The molecule has 1 amide bonds. The number of phenolic OH excluding ortho intramolecular Hbond substituents is 1. The monoisotopic (exact) mass is 417 g/mol. The maximum atomic E-state index is 12.2. The van der Waals surface area contributed by atoms with Crippen LogP contribution in [0.15, 0.2) is 18.2 Å². The third-order valence-corrected chi connectivity index (χ3v) is 4.82. The Bertz CT molecular complexity index is 739. The average molecular weight is 417 g/mol. The maximum Gasteiger partial charge on any atom is 0.338 e. The van der Waals surface area contributed by atoms with Crippen molar-refractivity contribution in [1.29, 1.82) is 0 Å². The number of aromatic hydroxyl groups is 1. The summed E-state index contributed by atoms with van der Waals surface area (Å²) in [7, 11) is 0. The van der Waals surface area contributed by atoms with Crippen molar-refractivity contribution in [1.82, 2.24) is 0 Å². The van der Waals surface area contributed by atoms with E-state index in [2.05, 4.69) is 5.32 Å². The number of carboxylic acid groups (broad SMARTS) is 1. The Hall–Kier alpha value is -1.61. The van der Waals surface area contributed by atoms with Gasteiger partial charge in [-0.2, -0.15) is 0 Å². The highest BCUT2D eigenvalue weighted by Crippen LogP contribution is 2.33. The van der Waals surface area contributed by atoms with Crippen LogP contribution in [0.3, 0.4) is 0 Å². The molecule has 0 unspecified atom stereocenters. The summed E-state index contributed by atoms with van der Waals surface area (Å²) in [5.41, 5.74) is 0.840. The summed E-state index contributed by atoms with van der Waals surface area (Å²) in [5, 5.41) is 21.8. The van der Waals surface area contributed by atoms with Crippen molar-refractivity contribution in [2.45, 2.75) is 13.8 Å². The van der Waals surface area contributed by atoms with Gasteiger partial charge in [-0.15, -0.1) is 11.3 Å². The molecule has 110 valence electrons. The van der Waals surface area contributed by atoms with Crippen molar-refractivity contribution < 1.29 is 19.8 Å². The Morgan fingerprint density at radius 2 is 1.95 bits per heavy atom. The molecule has 7 heteroatoms. The zero-order chi connectivity index (χ0) is 15.7. The summed E-state index contributed by atoms with van der Waals surface area (Å²) in [5.74, 6) is -1.76. The van der Waals surface area contributed by atoms with E-state index in [4.69, 9.17) is 0 Å². The van der Waals surface area contributed by atoms with Crippen LogP contribution in [0.1, 0.15) is 31.2 Å². The van der Waals surface area contributed by atoms with Crippen molar-refractivity contribution in [3.63, 3.8) is 0 Å². The average Bonchev–Trinajstić information content (AvgIpc) is 2.67. The van der Waals surface area contributed by atoms with Gasteiger partial charge >= 0.3 is 5.97 Å². The van der Waals surface area contributed by atoms with Gasteiger partial charge in [-0.1, -0.05) is 0 Å². The van der Waals surface area contributed by atoms with Crippen molar-refractivity contribution in [2.75, 3.05) is 5.32 Å². The van der Waals surface area contributed by atoms with Crippen LogP contribution in [0.4, 0.5) is 5.00 Å². The number of benzene rings is 1. The van der Waals surface area contributed by atoms with Gasteiger partial charge in [-0.3, -0.25) is 4.79 Å². The first kappa shape index (κ1) is 15.8. The third kappa shape index (κ3) is 3.18. The van der Waals surface area contributed by atoms with Gasteiger partial charge < -0.3 is 15.5 Å². The van der Waals surface area contributed by atoms with Crippen LogP contribution in [-0.4, -0.2) is 22.1 Å². The molecule has 1 aromatic carbocycles. The predicted octanol–water partition coefficient (Wildman–Crippen LogP) is 3.63. The number of carbonyl (C=O) groups is 2. The van der Waals surface area contributed by atoms with Gasteiger partial charge in [-0.25, -0.2) is 4.79 Å².